The van der Waals surface area contributed by atoms with Crippen LogP contribution in [0.15, 0.2) is 12.1 Å². The highest BCUT2D eigenvalue weighted by atomic mass is 19.2. The first-order valence-corrected chi connectivity index (χ1v) is 9.35. The Kier molecular flexibility index (Phi) is 6.06. The van der Waals surface area contributed by atoms with Crippen molar-refractivity contribution in [3.8, 4) is 0 Å². The van der Waals surface area contributed by atoms with Gasteiger partial charge in [0.25, 0.3) is 0 Å². The monoisotopic (exact) mass is 369 g/mol. The van der Waals surface area contributed by atoms with Crippen LogP contribution in [0.5, 0.6) is 0 Å². The summed E-state index contributed by atoms with van der Waals surface area (Å²) in [7, 11) is 0. The van der Waals surface area contributed by atoms with Crippen molar-refractivity contribution in [3.63, 3.8) is 0 Å². The number of amides is 1. The molecule has 2 fully saturated rings. The van der Waals surface area contributed by atoms with Crippen LogP contribution < -0.4 is 10.6 Å². The lowest BCUT2D eigenvalue weighted by atomic mass is 9.80. The molecule has 7 heteroatoms. The predicted octanol–water partition coefficient (Wildman–Crippen LogP) is 2.91. The molecule has 1 aliphatic heterocycles. The second kappa shape index (κ2) is 8.29. The van der Waals surface area contributed by atoms with E-state index >= 15 is 0 Å². The van der Waals surface area contributed by atoms with E-state index in [2.05, 4.69) is 4.90 Å². The van der Waals surface area contributed by atoms with Gasteiger partial charge in [-0.3, -0.25) is 9.69 Å². The van der Waals surface area contributed by atoms with Crippen LogP contribution in [-0.2, 0) is 4.79 Å². The Morgan fingerprint density at radius 2 is 1.58 bits per heavy atom. The van der Waals surface area contributed by atoms with Crippen LogP contribution in [-0.4, -0.2) is 43.5 Å². The summed E-state index contributed by atoms with van der Waals surface area (Å²) in [6, 6.07) is 1.55. The maximum atomic E-state index is 13.9. The van der Waals surface area contributed by atoms with Gasteiger partial charge in [0, 0.05) is 44.2 Å². The third kappa shape index (κ3) is 4.50. The normalized spacial score (nSPS) is 24.7. The number of carbonyl (C=O) groups excluding carboxylic acids is 1. The number of anilines is 1. The lowest BCUT2D eigenvalue weighted by Gasteiger charge is -2.37. The lowest BCUT2D eigenvalue weighted by Crippen LogP contribution is -2.47. The van der Waals surface area contributed by atoms with E-state index in [1.54, 1.807) is 4.90 Å². The first kappa shape index (κ1) is 19.0. The van der Waals surface area contributed by atoms with Crippen molar-refractivity contribution in [2.24, 2.45) is 17.6 Å². The summed E-state index contributed by atoms with van der Waals surface area (Å²) in [5.74, 6) is -2.40. The first-order chi connectivity index (χ1) is 12.4. The smallest absolute Gasteiger partial charge is 0.220 e. The molecule has 0 radical (unpaired) electrons. The summed E-state index contributed by atoms with van der Waals surface area (Å²) < 4.78 is 40.4. The number of hydrogen-bond acceptors (Lipinski definition) is 3. The van der Waals surface area contributed by atoms with Crippen LogP contribution in [0.1, 0.15) is 32.1 Å². The molecule has 0 spiro atoms. The van der Waals surface area contributed by atoms with E-state index in [1.807, 2.05) is 0 Å². The Bertz CT molecular complexity index is 639. The van der Waals surface area contributed by atoms with E-state index in [4.69, 9.17) is 5.73 Å². The molecule has 26 heavy (non-hydrogen) atoms. The molecule has 0 aromatic heterocycles. The lowest BCUT2D eigenvalue weighted by molar-refractivity contribution is -0.123. The standard InChI is InChI=1S/C19H26F3N3O/c20-15-11-17(22)18(12-16(15)21)25-9-7-24(8-10-25)6-5-13-1-3-14(4-2-13)19(23)26/h11-14H,1-10H2,(H2,23,26). The molecule has 0 bridgehead atoms. The molecule has 1 aromatic rings. The largest absolute Gasteiger partial charge is 0.369 e. The number of nitrogens with zero attached hydrogens (tertiary/aromatic N) is 2. The zero-order chi connectivity index (χ0) is 18.7. The van der Waals surface area contributed by atoms with Gasteiger partial charge in [0.1, 0.15) is 5.82 Å². The second-order valence-corrected chi connectivity index (χ2v) is 7.46. The van der Waals surface area contributed by atoms with Gasteiger partial charge in [-0.15, -0.1) is 0 Å². The van der Waals surface area contributed by atoms with Crippen LogP contribution in [0.4, 0.5) is 18.9 Å². The number of hydrogen-bond donors (Lipinski definition) is 1. The maximum absolute atomic E-state index is 13.9. The molecule has 1 saturated carbocycles. The summed E-state index contributed by atoms with van der Waals surface area (Å²) in [6.45, 7) is 3.71. The molecule has 2 aliphatic rings. The molecule has 4 nitrogen and oxygen atoms in total. The first-order valence-electron chi connectivity index (χ1n) is 9.35. The fourth-order valence-electron chi connectivity index (χ4n) is 4.07. The van der Waals surface area contributed by atoms with E-state index in [-0.39, 0.29) is 17.5 Å². The number of benzene rings is 1. The van der Waals surface area contributed by atoms with Gasteiger partial charge in [0.15, 0.2) is 11.6 Å². The van der Waals surface area contributed by atoms with E-state index in [0.29, 0.717) is 25.1 Å². The third-order valence-electron chi connectivity index (χ3n) is 5.81. The molecule has 0 unspecified atom stereocenters. The molecule has 1 saturated heterocycles. The van der Waals surface area contributed by atoms with Gasteiger partial charge < -0.3 is 10.6 Å². The zero-order valence-electron chi connectivity index (χ0n) is 14.9. The number of primary amides is 1. The quantitative estimate of drug-likeness (QED) is 0.812. The van der Waals surface area contributed by atoms with Crippen LogP contribution in [0, 0.1) is 29.3 Å². The Balaban J connectivity index is 1.43. The van der Waals surface area contributed by atoms with Crippen molar-refractivity contribution >= 4 is 11.6 Å². The average Bonchev–Trinajstić information content (AvgIpc) is 2.64. The highest BCUT2D eigenvalue weighted by molar-refractivity contribution is 5.76. The summed E-state index contributed by atoms with van der Waals surface area (Å²) in [6.07, 6.45) is 4.97. The Morgan fingerprint density at radius 1 is 0.962 bits per heavy atom. The van der Waals surface area contributed by atoms with Gasteiger partial charge in [0.2, 0.25) is 5.91 Å². The summed E-state index contributed by atoms with van der Waals surface area (Å²) in [4.78, 5) is 15.3. The molecule has 1 amide bonds. The number of nitrogens with two attached hydrogens (primary N) is 1. The number of carbonyl (C=O) groups is 1. The fourth-order valence-corrected chi connectivity index (χ4v) is 4.07. The number of halogens is 3. The fraction of sp³-hybridized carbons (Fsp3) is 0.632. The SMILES string of the molecule is NC(=O)C1CCC(CCN2CCN(c3cc(F)c(F)cc3F)CC2)CC1. The number of piperazine rings is 1. The molecule has 2 N–H and O–H groups in total. The Labute approximate surface area is 152 Å². The van der Waals surface area contributed by atoms with Gasteiger partial charge in [0.05, 0.1) is 5.69 Å². The summed E-state index contributed by atoms with van der Waals surface area (Å²) in [5, 5.41) is 0. The van der Waals surface area contributed by atoms with Gasteiger partial charge in [-0.05, 0) is 44.6 Å². The summed E-state index contributed by atoms with van der Waals surface area (Å²) in [5.41, 5.74) is 5.50. The van der Waals surface area contributed by atoms with Crippen molar-refractivity contribution < 1.29 is 18.0 Å². The molecule has 1 aromatic carbocycles. The van der Waals surface area contributed by atoms with E-state index in [1.165, 1.54) is 0 Å². The summed E-state index contributed by atoms with van der Waals surface area (Å²) >= 11 is 0. The van der Waals surface area contributed by atoms with Crippen molar-refractivity contribution in [1.29, 1.82) is 0 Å². The predicted molar refractivity (Wildman–Crippen MR) is 94.2 cm³/mol. The van der Waals surface area contributed by atoms with Gasteiger partial charge in [-0.1, -0.05) is 0 Å². The number of rotatable bonds is 5. The van der Waals surface area contributed by atoms with Crippen LogP contribution in [0.25, 0.3) is 0 Å². The minimum absolute atomic E-state index is 0.0424. The zero-order valence-corrected chi connectivity index (χ0v) is 14.9. The van der Waals surface area contributed by atoms with Crippen molar-refractivity contribution in [1.82, 2.24) is 4.90 Å². The molecule has 1 heterocycles. The van der Waals surface area contributed by atoms with E-state index < -0.39 is 17.5 Å². The molecule has 3 rings (SSSR count). The average molecular weight is 369 g/mol. The van der Waals surface area contributed by atoms with Crippen LogP contribution >= 0.6 is 0 Å². The van der Waals surface area contributed by atoms with Gasteiger partial charge in [-0.2, -0.15) is 0 Å². The van der Waals surface area contributed by atoms with Crippen LogP contribution in [0.2, 0.25) is 0 Å². The van der Waals surface area contributed by atoms with Gasteiger partial charge in [-0.25, -0.2) is 13.2 Å². The molecular formula is C19H26F3N3O. The van der Waals surface area contributed by atoms with Crippen molar-refractivity contribution in [3.05, 3.63) is 29.6 Å². The highest BCUT2D eigenvalue weighted by Gasteiger charge is 2.26. The van der Waals surface area contributed by atoms with E-state index in [9.17, 15) is 18.0 Å². The molecular weight excluding hydrogens is 343 g/mol. The maximum Gasteiger partial charge on any atom is 0.220 e. The van der Waals surface area contributed by atoms with E-state index in [0.717, 1.165) is 57.8 Å². The van der Waals surface area contributed by atoms with Crippen molar-refractivity contribution in [2.75, 3.05) is 37.6 Å². The van der Waals surface area contributed by atoms with Gasteiger partial charge >= 0.3 is 0 Å². The third-order valence-corrected chi connectivity index (χ3v) is 5.81. The molecule has 0 atom stereocenters. The Hall–Kier alpha value is -1.76. The molecule has 144 valence electrons. The molecule has 1 aliphatic carbocycles. The van der Waals surface area contributed by atoms with Crippen LogP contribution in [0.3, 0.4) is 0 Å². The minimum atomic E-state index is -1.16. The highest BCUT2D eigenvalue weighted by Crippen LogP contribution is 2.31. The minimum Gasteiger partial charge on any atom is -0.369 e. The second-order valence-electron chi connectivity index (χ2n) is 7.46. The topological polar surface area (TPSA) is 49.6 Å². The van der Waals surface area contributed by atoms with Crippen molar-refractivity contribution in [2.45, 2.75) is 32.1 Å². The Morgan fingerprint density at radius 3 is 2.19 bits per heavy atom.